The van der Waals surface area contributed by atoms with Crippen molar-refractivity contribution in [1.29, 1.82) is 0 Å². The minimum absolute atomic E-state index is 0.00734. The topological polar surface area (TPSA) is 99.7 Å². The number of rotatable bonds is 15. The molecule has 39 heavy (non-hydrogen) atoms. The molecule has 210 valence electrons. The number of nitrogens with one attached hydrogen (secondary N) is 3. The molecule has 1 heterocycles. The van der Waals surface area contributed by atoms with E-state index < -0.39 is 29.7 Å². The molecule has 10 heteroatoms. The van der Waals surface area contributed by atoms with Crippen LogP contribution in [0, 0.1) is 11.6 Å². The number of ether oxygens (including phenoxy) is 1. The Hall–Kier alpha value is -3.34. The first-order chi connectivity index (χ1) is 18.8. The van der Waals surface area contributed by atoms with Crippen molar-refractivity contribution in [2.24, 2.45) is 0 Å². The predicted molar refractivity (Wildman–Crippen MR) is 149 cm³/mol. The highest BCUT2D eigenvalue weighted by molar-refractivity contribution is 7.12. The summed E-state index contributed by atoms with van der Waals surface area (Å²) >= 11 is 1.36. The lowest BCUT2D eigenvalue weighted by Crippen LogP contribution is -2.48. The molecule has 0 saturated carbocycles. The number of aliphatic hydroxyl groups is 1. The summed E-state index contributed by atoms with van der Waals surface area (Å²) in [6.45, 7) is 5.02. The number of aryl methyl sites for hydroxylation is 1. The van der Waals surface area contributed by atoms with E-state index in [0.29, 0.717) is 29.5 Å². The van der Waals surface area contributed by atoms with E-state index >= 15 is 0 Å². The van der Waals surface area contributed by atoms with Gasteiger partial charge in [-0.15, -0.1) is 11.3 Å². The van der Waals surface area contributed by atoms with Gasteiger partial charge in [-0.05, 0) is 60.0 Å². The van der Waals surface area contributed by atoms with Gasteiger partial charge in [0.05, 0.1) is 24.4 Å². The summed E-state index contributed by atoms with van der Waals surface area (Å²) in [4.78, 5) is 25.1. The maximum Gasteiger partial charge on any atom is 0.225 e. The van der Waals surface area contributed by atoms with Crippen LogP contribution < -0.4 is 20.7 Å². The highest BCUT2D eigenvalue weighted by Crippen LogP contribution is 2.31. The second-order valence-corrected chi connectivity index (χ2v) is 10.0. The Bertz CT molecular complexity index is 1220. The fourth-order valence-corrected chi connectivity index (χ4v) is 4.84. The molecule has 7 nitrogen and oxygen atoms in total. The Morgan fingerprint density at radius 1 is 0.974 bits per heavy atom. The molecule has 0 aliphatic rings. The van der Waals surface area contributed by atoms with Crippen LogP contribution in [0.25, 0.3) is 0 Å². The van der Waals surface area contributed by atoms with E-state index in [1.165, 1.54) is 29.0 Å². The van der Waals surface area contributed by atoms with E-state index in [0.717, 1.165) is 18.1 Å². The summed E-state index contributed by atoms with van der Waals surface area (Å²) in [6.07, 6.45) is -0.349. The summed E-state index contributed by atoms with van der Waals surface area (Å²) in [5, 5.41) is 22.0. The normalized spacial score (nSPS) is 12.5. The molecule has 0 aliphatic carbocycles. The summed E-state index contributed by atoms with van der Waals surface area (Å²) in [7, 11) is 0. The van der Waals surface area contributed by atoms with E-state index in [1.54, 1.807) is 11.4 Å². The number of amides is 2. The van der Waals surface area contributed by atoms with E-state index in [4.69, 9.17) is 4.74 Å². The molecule has 3 rings (SSSR count). The summed E-state index contributed by atoms with van der Waals surface area (Å²) < 4.78 is 33.0. The number of carbonyl (C=O) groups is 2. The zero-order valence-electron chi connectivity index (χ0n) is 22.1. The van der Waals surface area contributed by atoms with Crippen molar-refractivity contribution in [3.63, 3.8) is 0 Å². The van der Waals surface area contributed by atoms with Gasteiger partial charge in [0.15, 0.2) is 5.06 Å². The summed E-state index contributed by atoms with van der Waals surface area (Å²) in [6, 6.07) is 12.1. The van der Waals surface area contributed by atoms with Gasteiger partial charge < -0.3 is 25.8 Å². The molecule has 0 radical (unpaired) electrons. The predicted octanol–water partition coefficient (Wildman–Crippen LogP) is 4.58. The number of aliphatic hydroxyl groups excluding tert-OH is 1. The van der Waals surface area contributed by atoms with Crippen LogP contribution in [0.4, 0.5) is 14.5 Å². The third-order valence-electron chi connectivity index (χ3n) is 6.03. The number of hydrogen-bond acceptors (Lipinski definition) is 6. The minimum Gasteiger partial charge on any atom is -0.483 e. The second-order valence-electron chi connectivity index (χ2n) is 9.13. The van der Waals surface area contributed by atoms with Crippen molar-refractivity contribution < 1.29 is 28.2 Å². The number of carbonyl (C=O) groups excluding carboxylic acids is 2. The molecule has 3 aromatic rings. The largest absolute Gasteiger partial charge is 0.483 e. The van der Waals surface area contributed by atoms with Gasteiger partial charge in [-0.1, -0.05) is 31.2 Å². The zero-order valence-corrected chi connectivity index (χ0v) is 23.0. The Morgan fingerprint density at radius 3 is 2.41 bits per heavy atom. The van der Waals surface area contributed by atoms with E-state index in [9.17, 15) is 23.5 Å². The maximum absolute atomic E-state index is 13.8. The zero-order chi connectivity index (χ0) is 28.2. The van der Waals surface area contributed by atoms with Gasteiger partial charge in [-0.2, -0.15) is 0 Å². The lowest BCUT2D eigenvalue weighted by Gasteiger charge is -2.25. The van der Waals surface area contributed by atoms with Gasteiger partial charge in [0.1, 0.15) is 11.6 Å². The Morgan fingerprint density at radius 2 is 1.69 bits per heavy atom. The van der Waals surface area contributed by atoms with Crippen LogP contribution in [-0.2, 0) is 29.0 Å². The van der Waals surface area contributed by atoms with Crippen molar-refractivity contribution in [1.82, 2.24) is 10.6 Å². The molecule has 2 atom stereocenters. The van der Waals surface area contributed by atoms with Crippen LogP contribution in [0.1, 0.15) is 43.4 Å². The first-order valence-corrected chi connectivity index (χ1v) is 13.9. The monoisotopic (exact) mass is 559 g/mol. The van der Waals surface area contributed by atoms with Crippen molar-refractivity contribution in [3.05, 3.63) is 82.2 Å². The number of benzene rings is 2. The Labute approximate surface area is 231 Å². The van der Waals surface area contributed by atoms with Gasteiger partial charge in [0, 0.05) is 32.0 Å². The molecule has 0 unspecified atom stereocenters. The number of anilines is 1. The van der Waals surface area contributed by atoms with Crippen molar-refractivity contribution in [3.8, 4) is 5.06 Å². The highest BCUT2D eigenvalue weighted by atomic mass is 32.1. The van der Waals surface area contributed by atoms with Crippen LogP contribution in [0.2, 0.25) is 0 Å². The van der Waals surface area contributed by atoms with Crippen molar-refractivity contribution >= 4 is 28.8 Å². The maximum atomic E-state index is 13.8. The van der Waals surface area contributed by atoms with Crippen LogP contribution in [-0.4, -0.2) is 42.2 Å². The SMILES string of the molecule is CCOc1sccc1NC(=O)CCC(=O)N[C@H](Cc1cc(F)cc(F)c1)[C@@H](O)CNCc1cccc(CC)c1. The second kappa shape index (κ2) is 15.3. The minimum atomic E-state index is -1.05. The van der Waals surface area contributed by atoms with E-state index in [-0.39, 0.29) is 31.7 Å². The quantitative estimate of drug-likeness (QED) is 0.218. The molecule has 0 saturated heterocycles. The molecule has 2 amide bonds. The fourth-order valence-electron chi connectivity index (χ4n) is 4.08. The number of hydrogen-bond donors (Lipinski definition) is 4. The standard InChI is InChI=1S/C29H35F2N3O4S/c1-3-19-6-5-7-20(12-19)17-32-18-26(35)25(15-21-13-22(30)16-23(31)14-21)34-28(37)9-8-27(36)33-24-10-11-39-29(24)38-4-2/h5-7,10-14,16,25-26,32,35H,3-4,8-9,15,17-18H2,1-2H3,(H,33,36)(H,34,37)/t25-,26+/m1/s1. The molecule has 4 N–H and O–H groups in total. The van der Waals surface area contributed by atoms with Crippen molar-refractivity contribution in [2.75, 3.05) is 18.5 Å². The Kier molecular flexibility index (Phi) is 11.9. The van der Waals surface area contributed by atoms with Crippen LogP contribution >= 0.6 is 11.3 Å². The van der Waals surface area contributed by atoms with Crippen LogP contribution in [0.15, 0.2) is 53.9 Å². The molecule has 0 bridgehead atoms. The van der Waals surface area contributed by atoms with E-state index in [1.807, 2.05) is 25.1 Å². The molecule has 0 aliphatic heterocycles. The third-order valence-corrected chi connectivity index (χ3v) is 6.85. The summed E-state index contributed by atoms with van der Waals surface area (Å²) in [5.74, 6) is -2.30. The van der Waals surface area contributed by atoms with Gasteiger partial charge >= 0.3 is 0 Å². The summed E-state index contributed by atoms with van der Waals surface area (Å²) in [5.41, 5.74) is 3.10. The molecule has 1 aromatic heterocycles. The molecule has 0 fully saturated rings. The highest BCUT2D eigenvalue weighted by Gasteiger charge is 2.23. The van der Waals surface area contributed by atoms with Gasteiger partial charge in [0.2, 0.25) is 11.8 Å². The van der Waals surface area contributed by atoms with Crippen LogP contribution in [0.3, 0.4) is 0 Å². The average Bonchev–Trinajstić information content (AvgIpc) is 3.33. The van der Waals surface area contributed by atoms with Crippen molar-refractivity contribution in [2.45, 2.75) is 58.2 Å². The third kappa shape index (κ3) is 10.0. The van der Waals surface area contributed by atoms with E-state index in [2.05, 4.69) is 28.9 Å². The first-order valence-electron chi connectivity index (χ1n) is 13.0. The fraction of sp³-hybridized carbons (Fsp3) is 0.379. The number of thiophene rings is 1. The lowest BCUT2D eigenvalue weighted by atomic mass is 10.00. The van der Waals surface area contributed by atoms with Gasteiger partial charge in [-0.3, -0.25) is 9.59 Å². The average molecular weight is 560 g/mol. The smallest absolute Gasteiger partial charge is 0.225 e. The lowest BCUT2D eigenvalue weighted by molar-refractivity contribution is -0.125. The molecular weight excluding hydrogens is 524 g/mol. The molecular formula is C29H35F2N3O4S. The molecule has 0 spiro atoms. The van der Waals surface area contributed by atoms with Gasteiger partial charge in [0.25, 0.3) is 0 Å². The van der Waals surface area contributed by atoms with Gasteiger partial charge in [-0.25, -0.2) is 8.78 Å². The van der Waals surface area contributed by atoms with Crippen LogP contribution in [0.5, 0.6) is 5.06 Å². The first kappa shape index (κ1) is 30.2. The Balaban J connectivity index is 1.58. The number of halogens is 2. The molecule has 2 aromatic carbocycles.